The third-order valence-corrected chi connectivity index (χ3v) is 6.69. The van der Waals surface area contributed by atoms with Gasteiger partial charge in [-0.3, -0.25) is 4.79 Å². The van der Waals surface area contributed by atoms with E-state index >= 15 is 0 Å². The highest BCUT2D eigenvalue weighted by Gasteiger charge is 2.21. The largest absolute Gasteiger partial charge is 0.448 e. The molecular formula is C17H17Br2NO3S. The minimum Gasteiger partial charge on any atom is -0.448 e. The van der Waals surface area contributed by atoms with Gasteiger partial charge >= 0.3 is 5.97 Å². The van der Waals surface area contributed by atoms with Gasteiger partial charge in [-0.25, -0.2) is 4.79 Å². The van der Waals surface area contributed by atoms with E-state index < -0.39 is 12.1 Å². The predicted molar refractivity (Wildman–Crippen MR) is 102 cm³/mol. The molecule has 1 aromatic heterocycles. The minimum absolute atomic E-state index is 0.183. The van der Waals surface area contributed by atoms with Crippen LogP contribution in [0.5, 0.6) is 0 Å². The summed E-state index contributed by atoms with van der Waals surface area (Å²) in [7, 11) is 0. The van der Waals surface area contributed by atoms with Gasteiger partial charge in [0.05, 0.1) is 3.79 Å². The van der Waals surface area contributed by atoms with Crippen molar-refractivity contribution in [2.75, 3.05) is 6.54 Å². The first-order valence-corrected chi connectivity index (χ1v) is 9.77. The van der Waals surface area contributed by atoms with Crippen LogP contribution < -0.4 is 5.32 Å². The van der Waals surface area contributed by atoms with Crippen molar-refractivity contribution in [3.05, 3.63) is 55.1 Å². The van der Waals surface area contributed by atoms with Gasteiger partial charge < -0.3 is 10.1 Å². The zero-order chi connectivity index (χ0) is 17.7. The first-order valence-electron chi connectivity index (χ1n) is 7.37. The quantitative estimate of drug-likeness (QED) is 0.615. The molecule has 128 valence electrons. The molecule has 0 aliphatic carbocycles. The number of rotatable bonds is 6. The summed E-state index contributed by atoms with van der Waals surface area (Å²) in [6.45, 7) is 4.09. The molecule has 2 unspecified atom stereocenters. The molecule has 0 aliphatic heterocycles. The Morgan fingerprint density at radius 3 is 2.46 bits per heavy atom. The number of nitrogens with one attached hydrogen (secondary N) is 1. The van der Waals surface area contributed by atoms with E-state index in [2.05, 4.69) is 37.2 Å². The Hall–Kier alpha value is -1.18. The highest BCUT2D eigenvalue weighted by Crippen LogP contribution is 2.32. The maximum atomic E-state index is 12.1. The summed E-state index contributed by atoms with van der Waals surface area (Å²) < 4.78 is 6.82. The highest BCUT2D eigenvalue weighted by molar-refractivity contribution is 9.13. The van der Waals surface area contributed by atoms with E-state index in [1.54, 1.807) is 13.0 Å². The Morgan fingerprint density at radius 1 is 1.21 bits per heavy atom. The van der Waals surface area contributed by atoms with Crippen LogP contribution in [-0.4, -0.2) is 24.5 Å². The van der Waals surface area contributed by atoms with Crippen LogP contribution in [0.25, 0.3) is 0 Å². The number of halogens is 2. The van der Waals surface area contributed by atoms with E-state index in [0.29, 0.717) is 11.4 Å². The fourth-order valence-corrected chi connectivity index (χ4v) is 3.93. The fraction of sp³-hybridized carbons (Fsp3) is 0.294. The van der Waals surface area contributed by atoms with Gasteiger partial charge in [0.2, 0.25) is 0 Å². The average molecular weight is 475 g/mol. The van der Waals surface area contributed by atoms with Crippen molar-refractivity contribution in [3.8, 4) is 0 Å². The van der Waals surface area contributed by atoms with Crippen LogP contribution >= 0.6 is 43.2 Å². The molecule has 2 atom stereocenters. The van der Waals surface area contributed by atoms with Gasteiger partial charge in [-0.05, 0) is 56.3 Å². The Labute approximate surface area is 161 Å². The smallest absolute Gasteiger partial charge is 0.349 e. The number of amides is 1. The van der Waals surface area contributed by atoms with Gasteiger partial charge in [-0.1, -0.05) is 37.3 Å². The molecular weight excluding hydrogens is 458 g/mol. The Kier molecular flexibility index (Phi) is 7.01. The van der Waals surface area contributed by atoms with Crippen molar-refractivity contribution < 1.29 is 14.3 Å². The lowest BCUT2D eigenvalue weighted by atomic mass is 10.0. The van der Waals surface area contributed by atoms with Crippen molar-refractivity contribution in [2.24, 2.45) is 0 Å². The highest BCUT2D eigenvalue weighted by atomic mass is 79.9. The number of benzene rings is 1. The van der Waals surface area contributed by atoms with E-state index in [0.717, 1.165) is 13.8 Å². The zero-order valence-corrected chi connectivity index (χ0v) is 17.2. The van der Waals surface area contributed by atoms with E-state index in [1.165, 1.54) is 11.3 Å². The minimum atomic E-state index is -0.847. The predicted octanol–water partition coefficient (Wildman–Crippen LogP) is 4.74. The molecule has 0 radical (unpaired) electrons. The van der Waals surface area contributed by atoms with Crippen molar-refractivity contribution in [1.29, 1.82) is 0 Å². The van der Waals surface area contributed by atoms with Gasteiger partial charge in [0.1, 0.15) is 4.88 Å². The Balaban J connectivity index is 1.84. The summed E-state index contributed by atoms with van der Waals surface area (Å²) in [5.41, 5.74) is 1.15. The van der Waals surface area contributed by atoms with Gasteiger partial charge in [0.15, 0.2) is 6.10 Å². The van der Waals surface area contributed by atoms with Crippen LogP contribution in [0.2, 0.25) is 0 Å². The molecule has 2 aromatic rings. The summed E-state index contributed by atoms with van der Waals surface area (Å²) in [5, 5.41) is 2.82. The number of carbonyl (C=O) groups excluding carboxylic acids is 2. The summed E-state index contributed by atoms with van der Waals surface area (Å²) in [6, 6.07) is 11.6. The fourth-order valence-electron chi connectivity index (χ4n) is 2.02. The zero-order valence-electron chi connectivity index (χ0n) is 13.2. The molecule has 0 spiro atoms. The normalized spacial score (nSPS) is 13.2. The lowest BCUT2D eigenvalue weighted by Gasteiger charge is -2.16. The van der Waals surface area contributed by atoms with Crippen molar-refractivity contribution in [3.63, 3.8) is 0 Å². The van der Waals surface area contributed by atoms with Crippen molar-refractivity contribution >= 4 is 55.1 Å². The maximum Gasteiger partial charge on any atom is 0.349 e. The maximum absolute atomic E-state index is 12.1. The average Bonchev–Trinajstić information content (AvgIpc) is 2.92. The Morgan fingerprint density at radius 2 is 1.88 bits per heavy atom. The van der Waals surface area contributed by atoms with Crippen LogP contribution in [0.3, 0.4) is 0 Å². The number of ether oxygens (including phenoxy) is 1. The molecule has 24 heavy (non-hydrogen) atoms. The molecule has 0 saturated heterocycles. The molecule has 1 amide bonds. The SMILES string of the molecule is CC(OC(=O)c1cc(Br)c(Br)s1)C(=O)NCC(C)c1ccccc1. The molecule has 1 aromatic carbocycles. The molecule has 1 heterocycles. The molecule has 0 aliphatic rings. The number of hydrogen-bond donors (Lipinski definition) is 1. The van der Waals surface area contributed by atoms with E-state index in [-0.39, 0.29) is 11.8 Å². The van der Waals surface area contributed by atoms with Crippen LogP contribution in [-0.2, 0) is 9.53 Å². The Bertz CT molecular complexity index is 698. The monoisotopic (exact) mass is 473 g/mol. The molecule has 0 fully saturated rings. The molecule has 4 nitrogen and oxygen atoms in total. The second-order valence-corrected chi connectivity index (χ2v) is 8.56. The third-order valence-electron chi connectivity index (χ3n) is 3.45. The first-order chi connectivity index (χ1) is 11.4. The van der Waals surface area contributed by atoms with E-state index in [1.807, 2.05) is 37.3 Å². The molecule has 0 bridgehead atoms. The van der Waals surface area contributed by atoms with E-state index in [4.69, 9.17) is 4.74 Å². The summed E-state index contributed by atoms with van der Waals surface area (Å²) in [4.78, 5) is 24.6. The van der Waals surface area contributed by atoms with Gasteiger partial charge in [-0.15, -0.1) is 11.3 Å². The lowest BCUT2D eigenvalue weighted by molar-refractivity contribution is -0.129. The molecule has 2 rings (SSSR count). The van der Waals surface area contributed by atoms with Crippen LogP contribution in [0.1, 0.15) is 35.0 Å². The number of hydrogen-bond acceptors (Lipinski definition) is 4. The van der Waals surface area contributed by atoms with Crippen molar-refractivity contribution in [2.45, 2.75) is 25.9 Å². The number of carbonyl (C=O) groups is 2. The van der Waals surface area contributed by atoms with Crippen LogP contribution in [0, 0.1) is 0 Å². The first kappa shape index (κ1) is 19.1. The topological polar surface area (TPSA) is 55.4 Å². The molecule has 0 saturated carbocycles. The summed E-state index contributed by atoms with van der Waals surface area (Å²) in [5.74, 6) is -0.631. The summed E-state index contributed by atoms with van der Waals surface area (Å²) in [6.07, 6.45) is -0.847. The second kappa shape index (κ2) is 8.78. The van der Waals surface area contributed by atoms with Gasteiger partial charge in [0, 0.05) is 11.0 Å². The molecule has 7 heteroatoms. The second-order valence-electron chi connectivity index (χ2n) is 5.34. The van der Waals surface area contributed by atoms with Crippen LogP contribution in [0.15, 0.2) is 44.7 Å². The number of thiophene rings is 1. The van der Waals surface area contributed by atoms with Crippen molar-refractivity contribution in [1.82, 2.24) is 5.32 Å². The standard InChI is InChI=1S/C17H17Br2NO3S/c1-10(12-6-4-3-5-7-12)9-20-16(21)11(2)23-17(22)14-8-13(18)15(19)24-14/h3-8,10-11H,9H2,1-2H3,(H,20,21). The van der Waals surface area contributed by atoms with Gasteiger partial charge in [-0.2, -0.15) is 0 Å². The summed E-state index contributed by atoms with van der Waals surface area (Å²) >= 11 is 7.90. The van der Waals surface area contributed by atoms with Crippen LogP contribution in [0.4, 0.5) is 0 Å². The number of esters is 1. The van der Waals surface area contributed by atoms with Gasteiger partial charge in [0.25, 0.3) is 5.91 Å². The molecule has 1 N–H and O–H groups in total. The van der Waals surface area contributed by atoms with E-state index in [9.17, 15) is 9.59 Å². The lowest BCUT2D eigenvalue weighted by Crippen LogP contribution is -2.37. The third kappa shape index (κ3) is 5.16.